The van der Waals surface area contributed by atoms with Crippen molar-refractivity contribution < 1.29 is 0 Å². The quantitative estimate of drug-likeness (QED) is 0.637. The van der Waals surface area contributed by atoms with Crippen LogP contribution in [0.25, 0.3) is 5.03 Å². The SMILES string of the molecule is C=C(Cl)c1ncccc1Cl. The first kappa shape index (κ1) is 7.58. The molecule has 0 aliphatic rings. The van der Waals surface area contributed by atoms with E-state index < -0.39 is 0 Å². The van der Waals surface area contributed by atoms with Crippen molar-refractivity contribution in [1.29, 1.82) is 0 Å². The van der Waals surface area contributed by atoms with E-state index in [0.717, 1.165) is 0 Å². The molecule has 0 aliphatic heterocycles. The molecule has 1 rings (SSSR count). The smallest absolute Gasteiger partial charge is 0.0995 e. The lowest BCUT2D eigenvalue weighted by atomic mass is 10.3. The molecular weight excluding hydrogens is 169 g/mol. The highest BCUT2D eigenvalue weighted by Crippen LogP contribution is 2.21. The minimum atomic E-state index is 0.366. The van der Waals surface area contributed by atoms with E-state index in [4.69, 9.17) is 23.2 Å². The maximum atomic E-state index is 5.71. The predicted octanol–water partition coefficient (Wildman–Crippen LogP) is 2.94. The Morgan fingerprint density at radius 3 is 2.70 bits per heavy atom. The van der Waals surface area contributed by atoms with Crippen LogP contribution in [0.5, 0.6) is 0 Å². The predicted molar refractivity (Wildman–Crippen MR) is 44.1 cm³/mol. The Kier molecular flexibility index (Phi) is 2.30. The summed E-state index contributed by atoms with van der Waals surface area (Å²) < 4.78 is 0. The molecule has 0 radical (unpaired) electrons. The molecule has 0 aromatic carbocycles. The van der Waals surface area contributed by atoms with Gasteiger partial charge in [-0.1, -0.05) is 29.8 Å². The van der Waals surface area contributed by atoms with Crippen LogP contribution in [0.2, 0.25) is 5.02 Å². The van der Waals surface area contributed by atoms with Crippen LogP contribution in [0.1, 0.15) is 5.69 Å². The van der Waals surface area contributed by atoms with Gasteiger partial charge in [0.15, 0.2) is 0 Å². The highest BCUT2D eigenvalue weighted by Gasteiger charge is 2.00. The van der Waals surface area contributed by atoms with E-state index in [1.807, 2.05) is 0 Å². The highest BCUT2D eigenvalue weighted by molar-refractivity contribution is 6.49. The second-order valence-corrected chi connectivity index (χ2v) is 2.60. The standard InChI is InChI=1S/C7H5Cl2N/c1-5(8)7-6(9)3-2-4-10-7/h2-4H,1H2. The zero-order valence-corrected chi connectivity index (χ0v) is 6.65. The molecular formula is C7H5Cl2N. The van der Waals surface area contributed by atoms with Crippen molar-refractivity contribution in [3.63, 3.8) is 0 Å². The van der Waals surface area contributed by atoms with Crippen LogP contribution in [0, 0.1) is 0 Å². The Bertz CT molecular complexity index is 258. The number of rotatable bonds is 1. The lowest BCUT2D eigenvalue weighted by molar-refractivity contribution is 1.29. The maximum absolute atomic E-state index is 5.71. The number of hydrogen-bond acceptors (Lipinski definition) is 1. The Morgan fingerprint density at radius 1 is 1.60 bits per heavy atom. The van der Waals surface area contributed by atoms with Crippen LogP contribution in [0.4, 0.5) is 0 Å². The van der Waals surface area contributed by atoms with Gasteiger partial charge in [0.25, 0.3) is 0 Å². The van der Waals surface area contributed by atoms with Crippen molar-refractivity contribution in [3.05, 3.63) is 35.6 Å². The summed E-state index contributed by atoms with van der Waals surface area (Å²) >= 11 is 11.3. The summed E-state index contributed by atoms with van der Waals surface area (Å²) in [6, 6.07) is 3.46. The third-order valence-corrected chi connectivity index (χ3v) is 1.50. The average Bonchev–Trinajstić information content (AvgIpc) is 1.88. The third-order valence-electron chi connectivity index (χ3n) is 1.02. The fourth-order valence-corrected chi connectivity index (χ4v) is 1.02. The summed E-state index contributed by atoms with van der Waals surface area (Å²) in [6.07, 6.45) is 1.62. The molecule has 3 heteroatoms. The van der Waals surface area contributed by atoms with Gasteiger partial charge >= 0.3 is 0 Å². The Balaban J connectivity index is 3.15. The van der Waals surface area contributed by atoms with Gasteiger partial charge in [-0.05, 0) is 12.1 Å². The van der Waals surface area contributed by atoms with Crippen molar-refractivity contribution in [3.8, 4) is 0 Å². The largest absolute Gasteiger partial charge is 0.254 e. The number of nitrogens with zero attached hydrogens (tertiary/aromatic N) is 1. The Hall–Kier alpha value is -0.530. The van der Waals surface area contributed by atoms with Crippen molar-refractivity contribution in [2.45, 2.75) is 0 Å². The van der Waals surface area contributed by atoms with Gasteiger partial charge in [-0.15, -0.1) is 0 Å². The molecule has 0 N–H and O–H groups in total. The van der Waals surface area contributed by atoms with E-state index in [1.165, 1.54) is 0 Å². The summed E-state index contributed by atoms with van der Waals surface area (Å²) in [6.45, 7) is 3.50. The van der Waals surface area contributed by atoms with Crippen molar-refractivity contribution >= 4 is 28.2 Å². The van der Waals surface area contributed by atoms with Crippen molar-refractivity contribution in [2.75, 3.05) is 0 Å². The number of aromatic nitrogens is 1. The van der Waals surface area contributed by atoms with Gasteiger partial charge in [0.2, 0.25) is 0 Å². The fraction of sp³-hybridized carbons (Fsp3) is 0. The van der Waals surface area contributed by atoms with Gasteiger partial charge in [0, 0.05) is 6.20 Å². The lowest BCUT2D eigenvalue weighted by Gasteiger charge is -1.96. The molecule has 52 valence electrons. The van der Waals surface area contributed by atoms with Gasteiger partial charge in [-0.2, -0.15) is 0 Å². The van der Waals surface area contributed by atoms with Crippen molar-refractivity contribution in [1.82, 2.24) is 4.98 Å². The molecule has 1 aromatic heterocycles. The second kappa shape index (κ2) is 3.04. The molecule has 0 bridgehead atoms. The molecule has 1 heterocycles. The number of halogens is 2. The summed E-state index contributed by atoms with van der Waals surface area (Å²) in [5.74, 6) is 0. The van der Waals surface area contributed by atoms with Crippen LogP contribution in [0.3, 0.4) is 0 Å². The van der Waals surface area contributed by atoms with Crippen molar-refractivity contribution in [2.24, 2.45) is 0 Å². The van der Waals surface area contributed by atoms with Gasteiger partial charge in [-0.3, -0.25) is 4.98 Å². The molecule has 0 fully saturated rings. The first-order chi connectivity index (χ1) is 4.72. The van der Waals surface area contributed by atoms with Crippen LogP contribution >= 0.6 is 23.2 Å². The van der Waals surface area contributed by atoms with Gasteiger partial charge in [0.05, 0.1) is 15.7 Å². The molecule has 1 nitrogen and oxygen atoms in total. The number of pyridine rings is 1. The minimum absolute atomic E-state index is 0.366. The monoisotopic (exact) mass is 173 g/mol. The fourth-order valence-electron chi connectivity index (χ4n) is 0.585. The minimum Gasteiger partial charge on any atom is -0.254 e. The zero-order valence-electron chi connectivity index (χ0n) is 5.14. The molecule has 0 aliphatic carbocycles. The molecule has 0 atom stereocenters. The first-order valence-electron chi connectivity index (χ1n) is 2.67. The molecule has 1 aromatic rings. The topological polar surface area (TPSA) is 12.9 Å². The van der Waals surface area contributed by atoms with E-state index in [-0.39, 0.29) is 0 Å². The average molecular weight is 174 g/mol. The summed E-state index contributed by atoms with van der Waals surface area (Å²) in [5, 5.41) is 0.896. The summed E-state index contributed by atoms with van der Waals surface area (Å²) in [7, 11) is 0. The Morgan fingerprint density at radius 2 is 2.30 bits per heavy atom. The van der Waals surface area contributed by atoms with E-state index >= 15 is 0 Å². The van der Waals surface area contributed by atoms with Crippen LogP contribution in [-0.2, 0) is 0 Å². The first-order valence-corrected chi connectivity index (χ1v) is 3.42. The second-order valence-electron chi connectivity index (χ2n) is 1.74. The number of hydrogen-bond donors (Lipinski definition) is 0. The summed E-state index contributed by atoms with van der Waals surface area (Å²) in [4.78, 5) is 3.91. The summed E-state index contributed by atoms with van der Waals surface area (Å²) in [5.41, 5.74) is 0.547. The van der Waals surface area contributed by atoms with Gasteiger partial charge in [0.1, 0.15) is 0 Å². The third kappa shape index (κ3) is 1.49. The Labute approximate surface area is 69.3 Å². The zero-order chi connectivity index (χ0) is 7.56. The molecule has 0 amide bonds. The lowest BCUT2D eigenvalue weighted by Crippen LogP contribution is -1.82. The van der Waals surface area contributed by atoms with Crippen LogP contribution in [0.15, 0.2) is 24.9 Å². The van der Waals surface area contributed by atoms with Crippen LogP contribution in [-0.4, -0.2) is 4.98 Å². The van der Waals surface area contributed by atoms with Crippen LogP contribution < -0.4 is 0 Å². The molecule has 0 spiro atoms. The highest BCUT2D eigenvalue weighted by atomic mass is 35.5. The van der Waals surface area contributed by atoms with Gasteiger partial charge in [-0.25, -0.2) is 0 Å². The van der Waals surface area contributed by atoms with E-state index in [1.54, 1.807) is 18.3 Å². The van der Waals surface area contributed by atoms with E-state index in [2.05, 4.69) is 11.6 Å². The maximum Gasteiger partial charge on any atom is 0.0995 e. The van der Waals surface area contributed by atoms with Gasteiger partial charge < -0.3 is 0 Å². The van der Waals surface area contributed by atoms with E-state index in [9.17, 15) is 0 Å². The normalized spacial score (nSPS) is 9.40. The molecule has 10 heavy (non-hydrogen) atoms. The molecule has 0 saturated carbocycles. The molecule has 0 unspecified atom stereocenters. The van der Waals surface area contributed by atoms with E-state index in [0.29, 0.717) is 15.7 Å². The molecule has 0 saturated heterocycles.